The van der Waals surface area contributed by atoms with E-state index < -0.39 is 25.9 Å². The van der Waals surface area contributed by atoms with Gasteiger partial charge in [-0.25, -0.2) is 4.79 Å². The number of hydrogen-bond acceptors (Lipinski definition) is 6. The number of para-hydroxylation sites is 1. The third-order valence-electron chi connectivity index (χ3n) is 7.18. The Hall–Kier alpha value is -1.77. The molecule has 0 saturated heterocycles. The van der Waals surface area contributed by atoms with Crippen LogP contribution in [0.15, 0.2) is 53.1 Å². The highest BCUT2D eigenvalue weighted by Crippen LogP contribution is 2.59. The lowest BCUT2D eigenvalue weighted by molar-refractivity contribution is -0.358. The van der Waals surface area contributed by atoms with Gasteiger partial charge in [0, 0.05) is 26.9 Å². The molecule has 0 aromatic heterocycles. The lowest BCUT2D eigenvalue weighted by atomic mass is 9.69. The normalized spacial score (nSPS) is 23.1. The quantitative estimate of drug-likeness (QED) is 0.207. The number of benzene rings is 1. The van der Waals surface area contributed by atoms with Crippen LogP contribution in [-0.4, -0.2) is 47.2 Å². The maximum atomic E-state index is 13.7. The summed E-state index contributed by atoms with van der Waals surface area (Å²) in [7, 11) is 2.20. The van der Waals surface area contributed by atoms with Crippen LogP contribution in [0.25, 0.3) is 0 Å². The molecule has 0 spiro atoms. The molecule has 0 heterocycles. The van der Waals surface area contributed by atoms with Crippen LogP contribution in [0.1, 0.15) is 46.5 Å². The molecule has 0 radical (unpaired) electrons. The van der Waals surface area contributed by atoms with E-state index in [1.165, 1.54) is 7.11 Å². The lowest BCUT2D eigenvalue weighted by Crippen LogP contribution is -2.74. The molecule has 33 heavy (non-hydrogen) atoms. The third kappa shape index (κ3) is 4.26. The van der Waals surface area contributed by atoms with E-state index in [2.05, 4.69) is 39.9 Å². The molecule has 2 aliphatic rings. The average molecular weight is 475 g/mol. The minimum absolute atomic E-state index is 0.139. The maximum Gasteiger partial charge on any atom is 0.345 e. The number of carbonyl (C=O) groups is 1. The zero-order chi connectivity index (χ0) is 24.5. The van der Waals surface area contributed by atoms with Crippen molar-refractivity contribution in [3.05, 3.63) is 53.1 Å². The van der Waals surface area contributed by atoms with Crippen molar-refractivity contribution in [2.75, 3.05) is 21.3 Å². The van der Waals surface area contributed by atoms with Gasteiger partial charge < -0.3 is 23.4 Å². The van der Waals surface area contributed by atoms with Gasteiger partial charge >= 0.3 is 5.97 Å². The van der Waals surface area contributed by atoms with Crippen molar-refractivity contribution in [2.24, 2.45) is 0 Å². The average Bonchev–Trinajstić information content (AvgIpc) is 2.77. The Bertz CT molecular complexity index is 924. The smallest absolute Gasteiger partial charge is 0.345 e. The molecule has 182 valence electrons. The Balaban J connectivity index is 2.22. The highest BCUT2D eigenvalue weighted by atomic mass is 28.4. The number of hydrogen-bond donors (Lipinski definition) is 0. The molecule has 0 amide bonds. The largest absolute Gasteiger partial charge is 0.423 e. The number of methoxy groups -OCH3 is 3. The minimum atomic E-state index is -2.46. The second kappa shape index (κ2) is 9.47. The van der Waals surface area contributed by atoms with E-state index in [1.54, 1.807) is 26.4 Å². The van der Waals surface area contributed by atoms with Crippen molar-refractivity contribution >= 4 is 14.3 Å². The second-order valence-corrected chi connectivity index (χ2v) is 14.9. The van der Waals surface area contributed by atoms with Crippen molar-refractivity contribution < 1.29 is 28.2 Å². The Morgan fingerprint density at radius 2 is 1.55 bits per heavy atom. The van der Waals surface area contributed by atoms with Crippen LogP contribution < -0.4 is 4.74 Å². The topological polar surface area (TPSA) is 63.2 Å². The van der Waals surface area contributed by atoms with Gasteiger partial charge in [-0.05, 0) is 61.5 Å². The van der Waals surface area contributed by atoms with E-state index in [0.717, 1.165) is 31.3 Å². The van der Waals surface area contributed by atoms with Gasteiger partial charge in [-0.15, -0.1) is 0 Å². The second-order valence-electron chi connectivity index (χ2n) is 10.1. The lowest BCUT2D eigenvalue weighted by Gasteiger charge is -2.59. The number of esters is 1. The predicted molar refractivity (Wildman–Crippen MR) is 130 cm³/mol. The van der Waals surface area contributed by atoms with Crippen molar-refractivity contribution in [3.8, 4) is 5.75 Å². The van der Waals surface area contributed by atoms with Crippen molar-refractivity contribution in [3.63, 3.8) is 0 Å². The molecule has 3 rings (SSSR count). The summed E-state index contributed by atoms with van der Waals surface area (Å²) < 4.78 is 30.8. The van der Waals surface area contributed by atoms with Crippen LogP contribution >= 0.6 is 0 Å². The molecule has 1 aromatic carbocycles. The standard InChI is InChI=1S/C26H38O6Si/c1-24(2,3)33(7,8)32-26(30-6)22(23(27)31-20-17-13-10-14-18-20)21(25(26,28-4)29-5)19-15-11-9-12-16-19/h10,13-15,17-18H,9,11-12,16H2,1-8H3. The first-order valence-corrected chi connectivity index (χ1v) is 14.5. The molecular weight excluding hydrogens is 436 g/mol. The molecule has 0 saturated carbocycles. The summed E-state index contributed by atoms with van der Waals surface area (Å²) in [5, 5.41) is -0.139. The van der Waals surface area contributed by atoms with Crippen LogP contribution in [0.4, 0.5) is 0 Å². The monoisotopic (exact) mass is 474 g/mol. The molecule has 1 atom stereocenters. The fraction of sp³-hybridized carbons (Fsp3) is 0.577. The Labute approximate surface area is 199 Å². The molecule has 0 fully saturated rings. The van der Waals surface area contributed by atoms with Crippen LogP contribution in [-0.2, 0) is 23.4 Å². The summed E-state index contributed by atoms with van der Waals surface area (Å²) in [6.45, 7) is 10.6. The number of allylic oxidation sites excluding steroid dienone is 1. The number of carbonyl (C=O) groups excluding carboxylic acids is 1. The molecule has 0 N–H and O–H groups in total. The fourth-order valence-electron chi connectivity index (χ4n) is 4.38. The summed E-state index contributed by atoms with van der Waals surface area (Å²) in [5.74, 6) is -3.01. The first-order chi connectivity index (χ1) is 15.5. The number of rotatable bonds is 8. The van der Waals surface area contributed by atoms with Crippen molar-refractivity contribution in [1.29, 1.82) is 0 Å². The van der Waals surface area contributed by atoms with Crippen LogP contribution in [0.3, 0.4) is 0 Å². The van der Waals surface area contributed by atoms with Crippen LogP contribution in [0.2, 0.25) is 18.1 Å². The molecule has 0 aliphatic heterocycles. The van der Waals surface area contributed by atoms with Gasteiger partial charge in [0.05, 0.1) is 0 Å². The Kier molecular flexibility index (Phi) is 7.41. The van der Waals surface area contributed by atoms with Gasteiger partial charge in [-0.2, -0.15) is 0 Å². The Morgan fingerprint density at radius 1 is 0.939 bits per heavy atom. The minimum Gasteiger partial charge on any atom is -0.423 e. The fourth-order valence-corrected chi connectivity index (χ4v) is 5.73. The predicted octanol–water partition coefficient (Wildman–Crippen LogP) is 5.76. The van der Waals surface area contributed by atoms with Crippen LogP contribution in [0.5, 0.6) is 5.75 Å². The van der Waals surface area contributed by atoms with Gasteiger partial charge in [0.25, 0.3) is 11.6 Å². The molecule has 1 aromatic rings. The summed E-state index contributed by atoms with van der Waals surface area (Å²) >= 11 is 0. The van der Waals surface area contributed by atoms with E-state index >= 15 is 0 Å². The maximum absolute atomic E-state index is 13.7. The summed E-state index contributed by atoms with van der Waals surface area (Å²) in [5.41, 5.74) is 2.00. The van der Waals surface area contributed by atoms with E-state index in [1.807, 2.05) is 18.2 Å². The van der Waals surface area contributed by atoms with Crippen LogP contribution in [0, 0.1) is 0 Å². The van der Waals surface area contributed by atoms with E-state index in [-0.39, 0.29) is 5.04 Å². The Morgan fingerprint density at radius 3 is 2.03 bits per heavy atom. The van der Waals surface area contributed by atoms with Gasteiger partial charge in [0.15, 0.2) is 8.32 Å². The summed E-state index contributed by atoms with van der Waals surface area (Å²) in [6.07, 6.45) is 6.07. The molecule has 6 nitrogen and oxygen atoms in total. The molecule has 2 aliphatic carbocycles. The van der Waals surface area contributed by atoms with Gasteiger partial charge in [-0.1, -0.05) is 45.0 Å². The van der Waals surface area contributed by atoms with Crippen molar-refractivity contribution in [2.45, 2.75) is 76.2 Å². The first kappa shape index (κ1) is 25.8. The summed E-state index contributed by atoms with van der Waals surface area (Å²) in [6, 6.07) is 9.03. The SMILES string of the molecule is COC1(O[Si](C)(C)C(C)(C)C)C(C(=O)Oc2ccccc2)=C(C2=CCCCC2)C1(OC)OC. The van der Waals surface area contributed by atoms with Gasteiger partial charge in [0.1, 0.15) is 11.3 Å². The molecule has 7 heteroatoms. The first-order valence-electron chi connectivity index (χ1n) is 11.6. The highest BCUT2D eigenvalue weighted by molar-refractivity contribution is 6.74. The zero-order valence-corrected chi connectivity index (χ0v) is 22.2. The van der Waals surface area contributed by atoms with Crippen molar-refractivity contribution in [1.82, 2.24) is 0 Å². The number of ether oxygens (including phenoxy) is 4. The van der Waals surface area contributed by atoms with Gasteiger partial charge in [0.2, 0.25) is 0 Å². The molecular formula is C26H38O6Si. The highest BCUT2D eigenvalue weighted by Gasteiger charge is 2.74. The summed E-state index contributed by atoms with van der Waals surface area (Å²) in [4.78, 5) is 13.7. The molecule has 0 bridgehead atoms. The van der Waals surface area contributed by atoms with E-state index in [9.17, 15) is 4.79 Å². The van der Waals surface area contributed by atoms with E-state index in [0.29, 0.717) is 16.9 Å². The molecule has 1 unspecified atom stereocenters. The zero-order valence-electron chi connectivity index (χ0n) is 21.2. The third-order valence-corrected chi connectivity index (χ3v) is 11.6. The van der Waals surface area contributed by atoms with E-state index in [4.69, 9.17) is 23.4 Å². The van der Waals surface area contributed by atoms with Gasteiger partial charge in [-0.3, -0.25) is 0 Å².